The Bertz CT molecular complexity index is 6080. The summed E-state index contributed by atoms with van der Waals surface area (Å²) < 4.78 is 0. The van der Waals surface area contributed by atoms with Gasteiger partial charge < -0.3 is 0 Å². The number of hydrogen-bond donors (Lipinski definition) is 0. The Morgan fingerprint density at radius 3 is 0.732 bits per heavy atom. The standard InChI is InChI=1S/3C17H12.2C15H12.C13H10.12C2H6.31Y/c1-11-10-14-6-2-4-12-8-9-13-5-3-7-15(11)17(13)16(12)14;1-11-9-14-7-5-12-3-2-4-13-6-8-15(10-11)17(14)16(12)13;1-11-5-6-14-8-7-12-3-2-4-13-9-10-15(11)17(14)16(12)13;1-11-6-9-15-13(10-11)8-7-12-4-2-3-5-14(12)15;1-11-6-7-13-9-8-12-4-2-3-5-14(12)15(13)10-11;1-11-6-5-9-13(10-11)12-7-3-2-4-8-12;12*1-2;;;;;;;;;;;;;;;;;;;;;;;;;;;;;;;/h3*2-10H,1H3;2*2-10H,1H3;2-7,10H,1H3;12*1-2H3;;;;;;;;;;;;;;;;;;;;;;;;;;;;;;;/q;;;;;-2;;;;;;;;;;;;;;;;;;;;;;;;;;;;;;;;;;;;;;;;;;;. The molecule has 0 aliphatic heterocycles. The second-order valence-corrected chi connectivity index (χ2v) is 25.4. The van der Waals surface area contributed by atoms with Crippen molar-refractivity contribution in [3.05, 3.63) is 361 Å². The quantitative estimate of drug-likeness (QED) is 0.114. The molecule has 31 radical (unpaired) electrons. The average Bonchev–Trinajstić information content (AvgIpc) is 0.752. The first-order valence-corrected chi connectivity index (χ1v) is 44.7. The van der Waals surface area contributed by atoms with Gasteiger partial charge in [-0.15, -0.1) is 17.7 Å². The molecule has 20 aromatic rings. The molecule has 0 saturated heterocycles. The smallest absolute Gasteiger partial charge is 0 e. The topological polar surface area (TPSA) is 0 Å². The molecule has 0 amide bonds. The van der Waals surface area contributed by atoms with Crippen molar-refractivity contribution in [1.29, 1.82) is 0 Å². The summed E-state index contributed by atoms with van der Waals surface area (Å²) >= 11 is 0. The first-order valence-electron chi connectivity index (χ1n) is 44.7. The maximum Gasteiger partial charge on any atom is 0 e. The molecule has 0 spiro atoms. The molecule has 149 heavy (non-hydrogen) atoms. The van der Waals surface area contributed by atoms with E-state index >= 15 is 0 Å². The van der Waals surface area contributed by atoms with Crippen LogP contribution in [-0.4, -0.2) is 0 Å². The normalized spacial score (nSPS) is 7.61. The van der Waals surface area contributed by atoms with E-state index in [2.05, 4.69) is 333 Å². The molecule has 0 saturated carbocycles. The molecule has 0 fully saturated rings. The van der Waals surface area contributed by atoms with Crippen molar-refractivity contribution < 1.29 is 1010 Å². The van der Waals surface area contributed by atoms with Gasteiger partial charge in [-0.05, 0) is 191 Å². The predicted molar refractivity (Wildman–Crippen MR) is 547 cm³/mol. The van der Waals surface area contributed by atoms with Gasteiger partial charge in [-0.2, -0.15) is 42.5 Å². The molecule has 0 atom stereocenters. The van der Waals surface area contributed by atoms with E-state index in [-0.39, 0.29) is 1010 Å². The molecule has 709 valence electrons. The van der Waals surface area contributed by atoms with Crippen LogP contribution in [0, 0.1) is 53.7 Å². The van der Waals surface area contributed by atoms with Crippen LogP contribution < -0.4 is 0 Å². The largest absolute Gasteiger partial charge is 0.226 e. The van der Waals surface area contributed by atoms with Gasteiger partial charge in [0, 0.05) is 1010 Å². The van der Waals surface area contributed by atoms with Gasteiger partial charge in [0.15, 0.2) is 0 Å². The molecule has 20 rings (SSSR count). The molecule has 0 bridgehead atoms. The van der Waals surface area contributed by atoms with Gasteiger partial charge >= 0.3 is 0 Å². The van der Waals surface area contributed by atoms with E-state index in [9.17, 15) is 0 Å². The van der Waals surface area contributed by atoms with E-state index in [1.54, 1.807) is 0 Å². The second-order valence-electron chi connectivity index (χ2n) is 25.4. The Morgan fingerprint density at radius 1 is 0.121 bits per heavy atom. The van der Waals surface area contributed by atoms with Crippen LogP contribution in [0.1, 0.15) is 200 Å². The third-order valence-electron chi connectivity index (χ3n) is 18.8. The van der Waals surface area contributed by atoms with Crippen LogP contribution in [0.25, 0.3) is 151 Å². The molecule has 0 N–H and O–H groups in total. The Balaban J connectivity index is -0.0000000397. The van der Waals surface area contributed by atoms with Crippen molar-refractivity contribution in [3.8, 4) is 11.1 Å². The first kappa shape index (κ1) is 246. The number of aryl methyl sites for hydroxylation is 6. The van der Waals surface area contributed by atoms with Gasteiger partial charge in [0.1, 0.15) is 0 Å². The maximum atomic E-state index is 3.19. The van der Waals surface area contributed by atoms with Crippen molar-refractivity contribution in [2.75, 3.05) is 0 Å². The van der Waals surface area contributed by atoms with E-state index in [1.807, 2.05) is 203 Å². The number of rotatable bonds is 1. The van der Waals surface area contributed by atoms with Crippen LogP contribution in [0.3, 0.4) is 0 Å². The summed E-state index contributed by atoms with van der Waals surface area (Å²) in [6.45, 7) is 60.9. The first-order chi connectivity index (χ1) is 58.1. The molecule has 0 heterocycles. The molecule has 0 nitrogen and oxygen atoms in total. The Morgan fingerprint density at radius 2 is 0.342 bits per heavy atom. The summed E-state index contributed by atoms with van der Waals surface area (Å²) in [7, 11) is 0. The van der Waals surface area contributed by atoms with E-state index in [0.29, 0.717) is 0 Å². The van der Waals surface area contributed by atoms with E-state index in [1.165, 1.54) is 173 Å². The predicted octanol–water partition coefficient (Wildman–Crippen LogP) is 38.8. The minimum Gasteiger partial charge on any atom is -0.226 e. The van der Waals surface area contributed by atoms with Crippen molar-refractivity contribution in [2.45, 2.75) is 208 Å². The zero-order chi connectivity index (χ0) is 87.8. The fourth-order valence-electron chi connectivity index (χ4n) is 14.3. The fourth-order valence-corrected chi connectivity index (χ4v) is 14.3. The van der Waals surface area contributed by atoms with Crippen LogP contribution in [-0.2, 0) is 1010 Å². The van der Waals surface area contributed by atoms with E-state index in [0.717, 1.165) is 11.1 Å². The van der Waals surface area contributed by atoms with Crippen LogP contribution in [0.4, 0.5) is 0 Å². The zero-order valence-corrected chi connectivity index (χ0v) is 184. The van der Waals surface area contributed by atoms with Gasteiger partial charge in [0.05, 0.1) is 0 Å². The summed E-state index contributed by atoms with van der Waals surface area (Å²) in [5, 5.41) is 35.3. The third kappa shape index (κ3) is 81.2. The van der Waals surface area contributed by atoms with Crippen LogP contribution >= 0.6 is 0 Å². The molecule has 20 aromatic carbocycles. The maximum absolute atomic E-state index is 3.19. The van der Waals surface area contributed by atoms with Gasteiger partial charge in [-0.3, -0.25) is 0 Å². The molecular weight excluding hydrogens is 4170 g/mol. The van der Waals surface area contributed by atoms with Crippen LogP contribution in [0.5, 0.6) is 0 Å². The number of benzene rings is 20. The number of fused-ring (bicyclic) bond motifs is 6. The van der Waals surface area contributed by atoms with Gasteiger partial charge in [0.25, 0.3) is 0 Å². The average molecular weight is 4320 g/mol. The van der Waals surface area contributed by atoms with Crippen LogP contribution in [0.15, 0.2) is 315 Å². The van der Waals surface area contributed by atoms with Gasteiger partial charge in [-0.1, -0.05) is 457 Å². The Kier molecular flexibility index (Phi) is 254. The molecule has 0 aliphatic carbocycles. The van der Waals surface area contributed by atoms with Crippen molar-refractivity contribution in [1.82, 2.24) is 0 Å². The van der Waals surface area contributed by atoms with Crippen molar-refractivity contribution in [3.63, 3.8) is 0 Å². The fraction of sp³-hybridized carbons (Fsp3) is 0.254. The minimum absolute atomic E-state index is 0. The molecule has 0 aromatic heterocycles. The van der Waals surface area contributed by atoms with Gasteiger partial charge in [-0.25, -0.2) is 11.1 Å². The van der Waals surface area contributed by atoms with E-state index in [4.69, 9.17) is 0 Å². The summed E-state index contributed by atoms with van der Waals surface area (Å²) in [4.78, 5) is 0. The summed E-state index contributed by atoms with van der Waals surface area (Å²) in [6.07, 6.45) is 0. The molecule has 0 aliphatic rings. The summed E-state index contributed by atoms with van der Waals surface area (Å²) in [6, 6.07) is 119. The van der Waals surface area contributed by atoms with Crippen molar-refractivity contribution >= 4 is 140 Å². The Hall–Kier alpha value is 22.8. The molecule has 0 unspecified atom stereocenters. The molecular formula is C118H142Y31-2. The SMILES string of the molecule is CC.CC.CC.CC.CC.CC.CC.CC.CC.CC.CC.CC.Cc1cc2ccc3cccc4ccc(c1)c2c34.Cc1cc2cccc3ccc4cccc1c4c32.Cc1cc[c-]c(-c2[c-]cccc2)c1.Cc1ccc2c(ccc3ccccc32)c1.Cc1ccc2ccc3cccc4ccc1c2c34.Cc1ccc2ccc3ccccc3c2c1.[Y].[Y].[Y].[Y].[Y].[Y].[Y].[Y].[Y].[Y].[Y].[Y].[Y].[Y].[Y].[Y].[Y].[Y].[Y].[Y].[Y].[Y].[Y].[Y].[Y].[Y].[Y].[Y].[Y].[Y].[Y]. The minimum atomic E-state index is 0. The number of hydrogen-bond acceptors (Lipinski definition) is 0. The zero-order valence-electron chi connectivity index (χ0n) is 95.9. The monoisotopic (exact) mass is 4320 g/mol. The summed E-state index contributed by atoms with van der Waals surface area (Å²) in [5.74, 6) is 0. The van der Waals surface area contributed by atoms with Crippen molar-refractivity contribution in [2.24, 2.45) is 0 Å². The third-order valence-corrected chi connectivity index (χ3v) is 18.8. The summed E-state index contributed by atoms with van der Waals surface area (Å²) in [5.41, 5.74) is 10.2. The molecule has 31 heteroatoms. The Labute approximate surface area is 1690 Å². The second kappa shape index (κ2) is 154. The van der Waals surface area contributed by atoms with E-state index < -0.39 is 0 Å². The van der Waals surface area contributed by atoms with Crippen LogP contribution in [0.2, 0.25) is 0 Å². The van der Waals surface area contributed by atoms with Gasteiger partial charge in [0.2, 0.25) is 0 Å².